The summed E-state index contributed by atoms with van der Waals surface area (Å²) in [7, 11) is 0. The Morgan fingerprint density at radius 1 is 1.26 bits per heavy atom. The summed E-state index contributed by atoms with van der Waals surface area (Å²) < 4.78 is 19.4. The number of hydrogen-bond acceptors (Lipinski definition) is 3. The first-order valence-electron chi connectivity index (χ1n) is 8.45. The highest BCUT2D eigenvalue weighted by Gasteiger charge is 2.32. The zero-order valence-corrected chi connectivity index (χ0v) is 13.9. The molecule has 2 saturated heterocycles. The van der Waals surface area contributed by atoms with E-state index < -0.39 is 5.82 Å². The topological polar surface area (TPSA) is 32.8 Å². The van der Waals surface area contributed by atoms with Crippen LogP contribution in [0.15, 0.2) is 18.2 Å². The molecule has 2 aliphatic heterocycles. The molecule has 1 atom stereocenters. The summed E-state index contributed by atoms with van der Waals surface area (Å²) in [6.07, 6.45) is 2.13. The molecule has 0 saturated carbocycles. The van der Waals surface area contributed by atoms with Gasteiger partial charge in [-0.1, -0.05) is 11.6 Å². The maximum absolute atomic E-state index is 14.0. The second-order valence-corrected chi connectivity index (χ2v) is 6.67. The van der Waals surface area contributed by atoms with Crippen molar-refractivity contribution in [2.45, 2.75) is 38.8 Å². The van der Waals surface area contributed by atoms with Gasteiger partial charge in [0.05, 0.1) is 5.56 Å². The molecule has 1 aromatic carbocycles. The quantitative estimate of drug-likeness (QED) is 0.839. The molecule has 0 N–H and O–H groups in total. The molecule has 3 rings (SSSR count). The number of piperazine rings is 1. The van der Waals surface area contributed by atoms with Crippen LogP contribution in [-0.2, 0) is 4.74 Å². The predicted octanol–water partition coefficient (Wildman–Crippen LogP) is 2.46. The van der Waals surface area contributed by atoms with Crippen molar-refractivity contribution in [3.63, 3.8) is 0 Å². The number of carbonyl (C=O) groups is 1. The molecule has 0 bridgehead atoms. The van der Waals surface area contributed by atoms with E-state index in [4.69, 9.17) is 4.74 Å². The summed E-state index contributed by atoms with van der Waals surface area (Å²) >= 11 is 0. The van der Waals surface area contributed by atoms with E-state index in [1.54, 1.807) is 12.1 Å². The third-order valence-corrected chi connectivity index (χ3v) is 4.98. The van der Waals surface area contributed by atoms with Crippen LogP contribution in [0.4, 0.5) is 4.39 Å². The van der Waals surface area contributed by atoms with Crippen LogP contribution in [-0.4, -0.2) is 60.6 Å². The molecule has 0 unspecified atom stereocenters. The van der Waals surface area contributed by atoms with Gasteiger partial charge in [0.2, 0.25) is 0 Å². The molecule has 0 spiro atoms. The highest BCUT2D eigenvalue weighted by Crippen LogP contribution is 2.21. The molecule has 4 nitrogen and oxygen atoms in total. The number of aryl methyl sites for hydroxylation is 1. The molecule has 2 aliphatic rings. The van der Waals surface area contributed by atoms with Gasteiger partial charge in [0.1, 0.15) is 5.82 Å². The lowest BCUT2D eigenvalue weighted by atomic mass is 10.0. The number of benzene rings is 1. The van der Waals surface area contributed by atoms with Crippen molar-refractivity contribution in [3.05, 3.63) is 35.1 Å². The molecule has 0 aromatic heterocycles. The maximum atomic E-state index is 14.0. The Bertz CT molecular complexity index is 572. The molecular weight excluding hydrogens is 295 g/mol. The van der Waals surface area contributed by atoms with Gasteiger partial charge in [-0.05, 0) is 38.8 Å². The van der Waals surface area contributed by atoms with Gasteiger partial charge in [0, 0.05) is 44.9 Å². The van der Waals surface area contributed by atoms with Crippen molar-refractivity contribution in [1.82, 2.24) is 9.80 Å². The highest BCUT2D eigenvalue weighted by molar-refractivity contribution is 5.95. The van der Waals surface area contributed by atoms with E-state index >= 15 is 0 Å². The van der Waals surface area contributed by atoms with E-state index in [-0.39, 0.29) is 17.5 Å². The Hall–Kier alpha value is -1.46. The summed E-state index contributed by atoms with van der Waals surface area (Å²) in [5, 5.41) is 0. The van der Waals surface area contributed by atoms with Crippen molar-refractivity contribution in [3.8, 4) is 0 Å². The summed E-state index contributed by atoms with van der Waals surface area (Å²) in [6, 6.07) is 5.37. The molecule has 0 radical (unpaired) electrons. The van der Waals surface area contributed by atoms with Crippen LogP contribution in [0, 0.1) is 12.7 Å². The molecular formula is C18H25FN2O2. The number of rotatable bonds is 2. The monoisotopic (exact) mass is 320 g/mol. The molecule has 0 aliphatic carbocycles. The van der Waals surface area contributed by atoms with Gasteiger partial charge >= 0.3 is 0 Å². The van der Waals surface area contributed by atoms with E-state index in [1.807, 2.05) is 11.8 Å². The second kappa shape index (κ2) is 6.97. The normalized spacial score (nSPS) is 24.0. The van der Waals surface area contributed by atoms with Crippen LogP contribution >= 0.6 is 0 Å². The Balaban J connectivity index is 1.68. The van der Waals surface area contributed by atoms with Gasteiger partial charge < -0.3 is 9.64 Å². The van der Waals surface area contributed by atoms with Gasteiger partial charge in [-0.3, -0.25) is 9.69 Å². The van der Waals surface area contributed by atoms with Crippen molar-refractivity contribution in [1.29, 1.82) is 0 Å². The Morgan fingerprint density at radius 2 is 2.00 bits per heavy atom. The van der Waals surface area contributed by atoms with Gasteiger partial charge in [-0.15, -0.1) is 0 Å². The van der Waals surface area contributed by atoms with Crippen molar-refractivity contribution in [2.75, 3.05) is 32.8 Å². The van der Waals surface area contributed by atoms with Crippen LogP contribution in [0.5, 0.6) is 0 Å². The lowest BCUT2D eigenvalue weighted by Crippen LogP contribution is -2.57. The number of ether oxygens (including phenoxy) is 1. The van der Waals surface area contributed by atoms with Crippen LogP contribution in [0.1, 0.15) is 35.7 Å². The fourth-order valence-corrected chi connectivity index (χ4v) is 3.63. The first-order valence-corrected chi connectivity index (χ1v) is 8.45. The van der Waals surface area contributed by atoms with Gasteiger partial charge in [0.15, 0.2) is 0 Å². The van der Waals surface area contributed by atoms with Gasteiger partial charge in [0.25, 0.3) is 5.91 Å². The minimum Gasteiger partial charge on any atom is -0.381 e. The molecule has 2 heterocycles. The summed E-state index contributed by atoms with van der Waals surface area (Å²) in [5.41, 5.74) is 1.10. The van der Waals surface area contributed by atoms with E-state index in [1.165, 1.54) is 6.07 Å². The average Bonchev–Trinajstić information content (AvgIpc) is 2.57. The van der Waals surface area contributed by atoms with E-state index in [0.717, 1.165) is 44.7 Å². The van der Waals surface area contributed by atoms with E-state index in [9.17, 15) is 9.18 Å². The number of halogens is 1. The lowest BCUT2D eigenvalue weighted by Gasteiger charge is -2.44. The van der Waals surface area contributed by atoms with Gasteiger partial charge in [-0.25, -0.2) is 4.39 Å². The van der Waals surface area contributed by atoms with Crippen LogP contribution in [0.3, 0.4) is 0 Å². The average molecular weight is 320 g/mol. The molecule has 126 valence electrons. The molecule has 1 amide bonds. The summed E-state index contributed by atoms with van der Waals surface area (Å²) in [6.45, 7) is 7.95. The minimum absolute atomic E-state index is 0.0963. The third kappa shape index (κ3) is 3.56. The first-order chi connectivity index (χ1) is 11.1. The Kier molecular flexibility index (Phi) is 4.97. The Morgan fingerprint density at radius 3 is 2.70 bits per heavy atom. The third-order valence-electron chi connectivity index (χ3n) is 4.98. The standard InChI is InChI=1S/C18H25FN2O2/c1-13-3-4-17(19)16(11-13)18(22)21-8-7-20(12-14(21)2)15-5-9-23-10-6-15/h3-4,11,14-15H,5-10,12H2,1-2H3/t14-/m1/s1. The van der Waals surface area contributed by atoms with Crippen molar-refractivity contribution < 1.29 is 13.9 Å². The van der Waals surface area contributed by atoms with Crippen LogP contribution < -0.4 is 0 Å². The number of carbonyl (C=O) groups excluding carboxylic acids is 1. The molecule has 1 aromatic rings. The van der Waals surface area contributed by atoms with Crippen molar-refractivity contribution >= 4 is 5.91 Å². The maximum Gasteiger partial charge on any atom is 0.257 e. The predicted molar refractivity (Wildman–Crippen MR) is 87.0 cm³/mol. The number of hydrogen-bond donors (Lipinski definition) is 0. The SMILES string of the molecule is Cc1ccc(F)c(C(=O)N2CCN(C3CCOCC3)C[C@H]2C)c1. The molecule has 5 heteroatoms. The van der Waals surface area contributed by atoms with Crippen molar-refractivity contribution in [2.24, 2.45) is 0 Å². The van der Waals surface area contributed by atoms with Crippen LogP contribution in [0.25, 0.3) is 0 Å². The molecule has 2 fully saturated rings. The number of amides is 1. The Labute approximate surface area is 137 Å². The largest absolute Gasteiger partial charge is 0.381 e. The van der Waals surface area contributed by atoms with Gasteiger partial charge in [-0.2, -0.15) is 0 Å². The fraction of sp³-hybridized carbons (Fsp3) is 0.611. The van der Waals surface area contributed by atoms with E-state index in [0.29, 0.717) is 12.6 Å². The zero-order valence-electron chi connectivity index (χ0n) is 13.9. The smallest absolute Gasteiger partial charge is 0.257 e. The second-order valence-electron chi connectivity index (χ2n) is 6.67. The summed E-state index contributed by atoms with van der Waals surface area (Å²) in [4.78, 5) is 17.0. The first kappa shape index (κ1) is 16.4. The highest BCUT2D eigenvalue weighted by atomic mass is 19.1. The lowest BCUT2D eigenvalue weighted by molar-refractivity contribution is 0.000586. The van der Waals surface area contributed by atoms with Crippen LogP contribution in [0.2, 0.25) is 0 Å². The molecule has 23 heavy (non-hydrogen) atoms. The van der Waals surface area contributed by atoms with E-state index in [2.05, 4.69) is 11.8 Å². The zero-order chi connectivity index (χ0) is 16.4. The summed E-state index contributed by atoms with van der Waals surface area (Å²) in [5.74, 6) is -0.620. The fourth-order valence-electron chi connectivity index (χ4n) is 3.63. The number of nitrogens with zero attached hydrogens (tertiary/aromatic N) is 2. The minimum atomic E-state index is -0.431.